The molecule has 0 atom stereocenters. The van der Waals surface area contributed by atoms with E-state index in [1.807, 2.05) is 10.8 Å². The number of hydrogen-bond donors (Lipinski definition) is 0. The van der Waals surface area contributed by atoms with Crippen molar-refractivity contribution in [2.45, 2.75) is 26.3 Å². The number of ketones is 1. The second-order valence-electron chi connectivity index (χ2n) is 3.97. The highest BCUT2D eigenvalue weighted by molar-refractivity contribution is 5.93. The normalized spacial score (nSPS) is 10.9. The summed E-state index contributed by atoms with van der Waals surface area (Å²) in [4.78, 5) is 16.0. The van der Waals surface area contributed by atoms with Crippen molar-refractivity contribution in [3.05, 3.63) is 42.4 Å². The second-order valence-corrected chi connectivity index (χ2v) is 3.97. The summed E-state index contributed by atoms with van der Waals surface area (Å²) in [6.07, 6.45) is 5.03. The van der Waals surface area contributed by atoms with Crippen LogP contribution in [0.4, 0.5) is 0 Å². The first-order valence-electron chi connectivity index (χ1n) is 5.26. The lowest BCUT2D eigenvalue weighted by Crippen LogP contribution is -2.12. The molecule has 2 heterocycles. The fraction of sp³-hybridized carbons (Fsp3) is 0.333. The van der Waals surface area contributed by atoms with Gasteiger partial charge in [0.1, 0.15) is 5.82 Å². The van der Waals surface area contributed by atoms with E-state index in [0.717, 1.165) is 5.82 Å². The van der Waals surface area contributed by atoms with Crippen LogP contribution in [0.5, 0.6) is 0 Å². The van der Waals surface area contributed by atoms with Crippen molar-refractivity contribution in [3.63, 3.8) is 0 Å². The molecule has 0 radical (unpaired) electrons. The van der Waals surface area contributed by atoms with Crippen LogP contribution in [-0.4, -0.2) is 15.3 Å². The van der Waals surface area contributed by atoms with Gasteiger partial charge in [0.25, 0.3) is 0 Å². The number of Topliss-reactive ketones (excluding diaryl/α,β-unsaturated/α-hetero) is 1. The Kier molecular flexibility index (Phi) is 2.90. The quantitative estimate of drug-likeness (QED) is 0.741. The van der Waals surface area contributed by atoms with Gasteiger partial charge in [0.2, 0.25) is 5.78 Å². The summed E-state index contributed by atoms with van der Waals surface area (Å²) >= 11 is 0. The number of carbonyl (C=O) groups is 1. The third-order valence-electron chi connectivity index (χ3n) is 2.37. The molecule has 2 rings (SSSR count). The molecule has 0 bridgehead atoms. The molecular formula is C12H14N2O2. The Morgan fingerprint density at radius 3 is 3.00 bits per heavy atom. The van der Waals surface area contributed by atoms with Gasteiger partial charge < -0.3 is 8.98 Å². The average molecular weight is 218 g/mol. The molecule has 0 aliphatic carbocycles. The topological polar surface area (TPSA) is 48.0 Å². The van der Waals surface area contributed by atoms with Gasteiger partial charge in [0.15, 0.2) is 5.76 Å². The lowest BCUT2D eigenvalue weighted by molar-refractivity contribution is 0.0943. The summed E-state index contributed by atoms with van der Waals surface area (Å²) in [5.74, 6) is 1.58. The molecule has 0 N–H and O–H groups in total. The third kappa shape index (κ3) is 2.05. The number of aromatic nitrogens is 2. The Hall–Kier alpha value is -1.84. The number of hydrogen-bond acceptors (Lipinski definition) is 3. The van der Waals surface area contributed by atoms with Crippen molar-refractivity contribution in [1.82, 2.24) is 9.55 Å². The van der Waals surface area contributed by atoms with E-state index in [1.54, 1.807) is 18.3 Å². The zero-order valence-electron chi connectivity index (χ0n) is 9.38. The van der Waals surface area contributed by atoms with Gasteiger partial charge in [0, 0.05) is 18.3 Å². The summed E-state index contributed by atoms with van der Waals surface area (Å²) in [7, 11) is 0. The minimum Gasteiger partial charge on any atom is -0.461 e. The molecule has 0 saturated carbocycles. The van der Waals surface area contributed by atoms with Crippen LogP contribution < -0.4 is 0 Å². The van der Waals surface area contributed by atoms with Gasteiger partial charge in [-0.2, -0.15) is 0 Å². The standard InChI is InChI=1S/C12H14N2O2/c1-9(2)12-13-5-6-14(12)8-10(15)11-4-3-7-16-11/h3-7,9H,8H2,1-2H3. The molecular weight excluding hydrogens is 204 g/mol. The Bertz CT molecular complexity index is 469. The molecule has 4 heteroatoms. The van der Waals surface area contributed by atoms with Crippen molar-refractivity contribution in [3.8, 4) is 0 Å². The summed E-state index contributed by atoms with van der Waals surface area (Å²) in [5.41, 5.74) is 0. The molecule has 0 aliphatic rings. The van der Waals surface area contributed by atoms with Gasteiger partial charge in [-0.15, -0.1) is 0 Å². The van der Waals surface area contributed by atoms with E-state index in [1.165, 1.54) is 6.26 Å². The van der Waals surface area contributed by atoms with E-state index in [0.29, 0.717) is 11.7 Å². The van der Waals surface area contributed by atoms with Crippen LogP contribution in [0, 0.1) is 0 Å². The van der Waals surface area contributed by atoms with Crippen LogP contribution >= 0.6 is 0 Å². The highest BCUT2D eigenvalue weighted by Gasteiger charge is 2.13. The van der Waals surface area contributed by atoms with Crippen LogP contribution in [-0.2, 0) is 6.54 Å². The molecule has 16 heavy (non-hydrogen) atoms. The van der Waals surface area contributed by atoms with Crippen LogP contribution in [0.3, 0.4) is 0 Å². The first kappa shape index (κ1) is 10.7. The van der Waals surface area contributed by atoms with Crippen LogP contribution in [0.2, 0.25) is 0 Å². The molecule has 0 aliphatic heterocycles. The Labute approximate surface area is 93.9 Å². The van der Waals surface area contributed by atoms with Gasteiger partial charge in [-0.3, -0.25) is 4.79 Å². The zero-order valence-corrected chi connectivity index (χ0v) is 9.38. The minimum atomic E-state index is -0.0371. The molecule has 0 spiro atoms. The summed E-state index contributed by atoms with van der Waals surface area (Å²) in [5, 5.41) is 0. The van der Waals surface area contributed by atoms with Gasteiger partial charge in [0.05, 0.1) is 12.8 Å². The first-order chi connectivity index (χ1) is 7.68. The van der Waals surface area contributed by atoms with Gasteiger partial charge in [-0.1, -0.05) is 13.8 Å². The molecule has 2 aromatic rings. The molecule has 0 saturated heterocycles. The third-order valence-corrected chi connectivity index (χ3v) is 2.37. The van der Waals surface area contributed by atoms with Crippen molar-refractivity contribution in [2.24, 2.45) is 0 Å². The van der Waals surface area contributed by atoms with Crippen molar-refractivity contribution < 1.29 is 9.21 Å². The average Bonchev–Trinajstić information content (AvgIpc) is 2.86. The SMILES string of the molecule is CC(C)c1nccn1CC(=O)c1ccco1. The second kappa shape index (κ2) is 4.35. The fourth-order valence-electron chi connectivity index (χ4n) is 1.62. The molecule has 4 nitrogen and oxygen atoms in total. The first-order valence-corrected chi connectivity index (χ1v) is 5.26. The highest BCUT2D eigenvalue weighted by atomic mass is 16.3. The van der Waals surface area contributed by atoms with Crippen LogP contribution in [0.25, 0.3) is 0 Å². The maximum absolute atomic E-state index is 11.8. The zero-order chi connectivity index (χ0) is 11.5. The minimum absolute atomic E-state index is 0.0371. The van der Waals surface area contributed by atoms with E-state index >= 15 is 0 Å². The lowest BCUT2D eigenvalue weighted by Gasteiger charge is -2.08. The smallest absolute Gasteiger partial charge is 0.217 e. The largest absolute Gasteiger partial charge is 0.461 e. The van der Waals surface area contributed by atoms with E-state index in [2.05, 4.69) is 18.8 Å². The van der Waals surface area contributed by atoms with E-state index in [4.69, 9.17) is 4.42 Å². The fourth-order valence-corrected chi connectivity index (χ4v) is 1.62. The summed E-state index contributed by atoms with van der Waals surface area (Å²) < 4.78 is 6.92. The van der Waals surface area contributed by atoms with Gasteiger partial charge in [-0.05, 0) is 12.1 Å². The molecule has 0 aromatic carbocycles. The molecule has 0 amide bonds. The van der Waals surface area contributed by atoms with Crippen LogP contribution in [0.15, 0.2) is 35.2 Å². The summed E-state index contributed by atoms with van der Waals surface area (Å²) in [6, 6.07) is 3.39. The highest BCUT2D eigenvalue weighted by Crippen LogP contribution is 2.12. The lowest BCUT2D eigenvalue weighted by atomic mass is 10.2. The van der Waals surface area contributed by atoms with Crippen molar-refractivity contribution >= 4 is 5.78 Å². The molecule has 84 valence electrons. The Balaban J connectivity index is 2.15. The number of carbonyl (C=O) groups excluding carboxylic acids is 1. The Morgan fingerprint density at radius 2 is 2.38 bits per heavy atom. The number of rotatable bonds is 4. The predicted octanol–water partition coefficient (Wildman–Crippen LogP) is 2.48. The monoisotopic (exact) mass is 218 g/mol. The van der Waals surface area contributed by atoms with E-state index in [-0.39, 0.29) is 12.3 Å². The molecule has 0 fully saturated rings. The predicted molar refractivity (Wildman–Crippen MR) is 59.4 cm³/mol. The molecule has 2 aromatic heterocycles. The van der Waals surface area contributed by atoms with Crippen molar-refractivity contribution in [2.75, 3.05) is 0 Å². The Morgan fingerprint density at radius 1 is 1.56 bits per heavy atom. The number of imidazole rings is 1. The van der Waals surface area contributed by atoms with Gasteiger partial charge >= 0.3 is 0 Å². The van der Waals surface area contributed by atoms with E-state index in [9.17, 15) is 4.79 Å². The number of nitrogens with zero attached hydrogens (tertiary/aromatic N) is 2. The van der Waals surface area contributed by atoms with Crippen LogP contribution in [0.1, 0.15) is 36.1 Å². The number of furan rings is 1. The van der Waals surface area contributed by atoms with E-state index < -0.39 is 0 Å². The maximum Gasteiger partial charge on any atom is 0.217 e. The van der Waals surface area contributed by atoms with Gasteiger partial charge in [-0.25, -0.2) is 4.98 Å². The summed E-state index contributed by atoms with van der Waals surface area (Å²) in [6.45, 7) is 4.38. The molecule has 0 unspecified atom stereocenters. The van der Waals surface area contributed by atoms with Crippen molar-refractivity contribution in [1.29, 1.82) is 0 Å². The maximum atomic E-state index is 11.8.